The minimum absolute atomic E-state index is 0.0618. The number of hydrogen-bond acceptors (Lipinski definition) is 8. The van der Waals surface area contributed by atoms with Crippen LogP contribution in [0.25, 0.3) is 0 Å². The first-order valence-corrected chi connectivity index (χ1v) is 7.66. The maximum absolute atomic E-state index is 11.0. The number of nitro benzene ring substituents is 2. The van der Waals surface area contributed by atoms with Crippen molar-refractivity contribution in [1.29, 1.82) is 0 Å². The quantitative estimate of drug-likeness (QED) is 0.463. The van der Waals surface area contributed by atoms with Gasteiger partial charge in [0.2, 0.25) is 0 Å². The number of thiophene rings is 1. The van der Waals surface area contributed by atoms with E-state index in [1.807, 2.05) is 13.0 Å². The van der Waals surface area contributed by atoms with Crippen molar-refractivity contribution in [2.75, 3.05) is 12.5 Å². The molecule has 9 nitrogen and oxygen atoms in total. The molecule has 10 heteroatoms. The second kappa shape index (κ2) is 7.51. The summed E-state index contributed by atoms with van der Waals surface area (Å²) in [6.45, 7) is 2.02. The molecule has 0 bridgehead atoms. The van der Waals surface area contributed by atoms with Crippen molar-refractivity contribution in [2.45, 2.75) is 13.3 Å². The molecule has 0 aliphatic rings. The van der Waals surface area contributed by atoms with E-state index in [0.717, 1.165) is 22.9 Å². The van der Waals surface area contributed by atoms with Crippen molar-refractivity contribution in [3.8, 4) is 5.06 Å². The van der Waals surface area contributed by atoms with E-state index in [1.165, 1.54) is 29.7 Å². The van der Waals surface area contributed by atoms with Crippen molar-refractivity contribution in [1.82, 2.24) is 0 Å². The molecule has 0 saturated heterocycles. The van der Waals surface area contributed by atoms with Crippen LogP contribution in [0.5, 0.6) is 5.06 Å². The number of nitro groups is 2. The summed E-state index contributed by atoms with van der Waals surface area (Å²) in [5.41, 5.74) is 2.57. The van der Waals surface area contributed by atoms with Gasteiger partial charge in [-0.3, -0.25) is 25.7 Å². The number of non-ortho nitro benzene ring substituents is 1. The summed E-state index contributed by atoms with van der Waals surface area (Å²) in [4.78, 5) is 21.5. The summed E-state index contributed by atoms with van der Waals surface area (Å²) >= 11 is 1.49. The number of nitrogens with zero attached hydrogens (tertiary/aromatic N) is 3. The fourth-order valence-electron chi connectivity index (χ4n) is 1.91. The second-order valence-electron chi connectivity index (χ2n) is 4.60. The molecule has 1 aromatic carbocycles. The number of rotatable bonds is 7. The van der Waals surface area contributed by atoms with Gasteiger partial charge in [0.25, 0.3) is 5.69 Å². The molecule has 1 heterocycles. The zero-order valence-electron chi connectivity index (χ0n) is 12.9. The minimum atomic E-state index is -0.703. The van der Waals surface area contributed by atoms with Crippen LogP contribution in [0.1, 0.15) is 17.4 Å². The highest BCUT2D eigenvalue weighted by atomic mass is 32.1. The first kappa shape index (κ1) is 17.3. The van der Waals surface area contributed by atoms with Gasteiger partial charge in [-0.2, -0.15) is 5.10 Å². The monoisotopic (exact) mass is 350 g/mol. The zero-order valence-corrected chi connectivity index (χ0v) is 13.7. The Balaban J connectivity index is 2.24. The van der Waals surface area contributed by atoms with E-state index in [9.17, 15) is 20.2 Å². The predicted molar refractivity (Wildman–Crippen MR) is 91.2 cm³/mol. The lowest BCUT2D eigenvalue weighted by atomic mass is 10.2. The van der Waals surface area contributed by atoms with Gasteiger partial charge in [0, 0.05) is 16.5 Å². The highest BCUT2D eigenvalue weighted by Crippen LogP contribution is 2.30. The number of hydrogen-bond donors (Lipinski definition) is 1. The molecule has 1 N–H and O–H groups in total. The molecule has 0 aliphatic heterocycles. The summed E-state index contributed by atoms with van der Waals surface area (Å²) in [6, 6.07) is 5.22. The van der Waals surface area contributed by atoms with Crippen LogP contribution in [0, 0.1) is 20.2 Å². The molecule has 0 amide bonds. The highest BCUT2D eigenvalue weighted by molar-refractivity contribution is 7.14. The van der Waals surface area contributed by atoms with Gasteiger partial charge in [-0.25, -0.2) is 0 Å². The molecular formula is C14H14N4O5S. The lowest BCUT2D eigenvalue weighted by molar-refractivity contribution is -0.393. The lowest BCUT2D eigenvalue weighted by Crippen LogP contribution is -1.98. The second-order valence-corrected chi connectivity index (χ2v) is 5.70. The van der Waals surface area contributed by atoms with Gasteiger partial charge in [-0.1, -0.05) is 6.92 Å². The van der Waals surface area contributed by atoms with E-state index in [2.05, 4.69) is 10.5 Å². The Labute approximate surface area is 140 Å². The predicted octanol–water partition coefficient (Wildman–Crippen LogP) is 3.58. The van der Waals surface area contributed by atoms with Crippen molar-refractivity contribution in [2.24, 2.45) is 5.10 Å². The van der Waals surface area contributed by atoms with Crippen molar-refractivity contribution >= 4 is 34.6 Å². The molecule has 2 aromatic rings. The van der Waals surface area contributed by atoms with E-state index in [-0.39, 0.29) is 11.4 Å². The topological polar surface area (TPSA) is 120 Å². The number of aryl methyl sites for hydroxylation is 1. The third-order valence-electron chi connectivity index (χ3n) is 3.09. The van der Waals surface area contributed by atoms with Crippen LogP contribution in [0.15, 0.2) is 29.4 Å². The maximum Gasteiger partial charge on any atom is 0.301 e. The largest absolute Gasteiger partial charge is 0.487 e. The van der Waals surface area contributed by atoms with Gasteiger partial charge < -0.3 is 4.74 Å². The molecule has 126 valence electrons. The summed E-state index contributed by atoms with van der Waals surface area (Å²) in [7, 11) is 1.55. The van der Waals surface area contributed by atoms with Crippen LogP contribution in [0.3, 0.4) is 0 Å². The third-order valence-corrected chi connectivity index (χ3v) is 4.34. The molecule has 0 radical (unpaired) electrons. The lowest BCUT2D eigenvalue weighted by Gasteiger charge is -2.02. The first-order valence-electron chi connectivity index (χ1n) is 6.84. The average molecular weight is 350 g/mol. The average Bonchev–Trinajstić information content (AvgIpc) is 2.97. The fraction of sp³-hybridized carbons (Fsp3) is 0.214. The molecule has 0 aliphatic carbocycles. The molecule has 0 spiro atoms. The number of nitrogens with one attached hydrogen (secondary N) is 1. The number of methoxy groups -OCH3 is 1. The molecule has 0 atom stereocenters. The molecule has 0 saturated carbocycles. The van der Waals surface area contributed by atoms with Gasteiger partial charge in [0.05, 0.1) is 29.2 Å². The Hall–Kier alpha value is -3.01. The number of hydrazone groups is 1. The number of benzene rings is 1. The van der Waals surface area contributed by atoms with E-state index in [0.29, 0.717) is 5.06 Å². The van der Waals surface area contributed by atoms with Gasteiger partial charge in [-0.15, -0.1) is 11.3 Å². The highest BCUT2D eigenvalue weighted by Gasteiger charge is 2.19. The molecule has 2 rings (SSSR count). The Morgan fingerprint density at radius 1 is 1.29 bits per heavy atom. The van der Waals surface area contributed by atoms with Gasteiger partial charge in [0.1, 0.15) is 5.69 Å². The Bertz CT molecular complexity index is 802. The van der Waals surface area contributed by atoms with Gasteiger partial charge in [0.15, 0.2) is 5.06 Å². The summed E-state index contributed by atoms with van der Waals surface area (Å²) in [6.07, 6.45) is 2.34. The Morgan fingerprint density at radius 2 is 2.04 bits per heavy atom. The Morgan fingerprint density at radius 3 is 2.62 bits per heavy atom. The first-order chi connectivity index (χ1) is 11.5. The molecule has 0 unspecified atom stereocenters. The number of ether oxygens (including phenoxy) is 1. The molecule has 1 aromatic heterocycles. The molecule has 0 fully saturated rings. The van der Waals surface area contributed by atoms with Crippen molar-refractivity contribution < 1.29 is 14.6 Å². The van der Waals surface area contributed by atoms with Crippen LogP contribution in [0.2, 0.25) is 0 Å². The van der Waals surface area contributed by atoms with Crippen LogP contribution in [-0.2, 0) is 6.42 Å². The maximum atomic E-state index is 11.0. The van der Waals surface area contributed by atoms with Crippen LogP contribution in [-0.4, -0.2) is 23.2 Å². The van der Waals surface area contributed by atoms with E-state index in [4.69, 9.17) is 4.74 Å². The Kier molecular flexibility index (Phi) is 5.42. The van der Waals surface area contributed by atoms with Gasteiger partial charge >= 0.3 is 5.69 Å². The zero-order chi connectivity index (χ0) is 17.7. The van der Waals surface area contributed by atoms with Crippen molar-refractivity contribution in [3.63, 3.8) is 0 Å². The normalized spacial score (nSPS) is 10.8. The van der Waals surface area contributed by atoms with E-state index >= 15 is 0 Å². The van der Waals surface area contributed by atoms with Crippen LogP contribution < -0.4 is 10.2 Å². The van der Waals surface area contributed by atoms with Gasteiger partial charge in [-0.05, 0) is 18.6 Å². The van der Waals surface area contributed by atoms with Crippen LogP contribution in [0.4, 0.5) is 17.1 Å². The summed E-state index contributed by atoms with van der Waals surface area (Å²) in [5, 5.41) is 26.4. The summed E-state index contributed by atoms with van der Waals surface area (Å²) < 4.78 is 5.25. The van der Waals surface area contributed by atoms with E-state index in [1.54, 1.807) is 7.11 Å². The van der Waals surface area contributed by atoms with Crippen molar-refractivity contribution in [3.05, 3.63) is 54.9 Å². The molecule has 24 heavy (non-hydrogen) atoms. The van der Waals surface area contributed by atoms with E-state index < -0.39 is 15.5 Å². The van der Waals surface area contributed by atoms with Crippen LogP contribution >= 0.6 is 11.3 Å². The summed E-state index contributed by atoms with van der Waals surface area (Å²) in [5.74, 6) is 0. The molecular weight excluding hydrogens is 336 g/mol. The standard InChI is InChI=1S/C14H14N4O5S/c1-3-11-6-9(14(23-2)24-11)8-15-16-12-5-4-10(17(19)20)7-13(12)18(21)22/h4-8,16H,3H2,1-2H3/b15-8-. The smallest absolute Gasteiger partial charge is 0.301 e. The minimum Gasteiger partial charge on any atom is -0.487 e. The number of anilines is 1. The fourth-order valence-corrected chi connectivity index (χ4v) is 2.80. The third kappa shape index (κ3) is 3.84. The SMILES string of the molecule is CCc1cc(/C=N\Nc2ccc([N+](=O)[O-])cc2[N+](=O)[O-])c(OC)s1.